The molecule has 0 fully saturated rings. The van der Waals surface area contributed by atoms with E-state index in [9.17, 15) is 10.0 Å². The predicted molar refractivity (Wildman–Crippen MR) is 81.2 cm³/mol. The Labute approximate surface area is 130 Å². The monoisotopic (exact) mass is 330 g/mol. The maximum absolute atomic E-state index is 11.9. The largest absolute Gasteiger partial charge is 0.350 e. The van der Waals surface area contributed by atoms with Crippen LogP contribution in [0, 0.1) is 0 Å². The van der Waals surface area contributed by atoms with Crippen molar-refractivity contribution in [1.82, 2.24) is 0 Å². The molecule has 0 saturated carbocycles. The second-order valence-electron chi connectivity index (χ2n) is 3.85. The molecule has 0 aliphatic rings. The first-order chi connectivity index (χ1) is 9.47. The normalized spacial score (nSPS) is 10.2. The topological polar surface area (TPSA) is 52.6 Å². The van der Waals surface area contributed by atoms with Crippen LogP contribution in [0.25, 0.3) is 0 Å². The smallest absolute Gasteiger partial charge is 0.304 e. The van der Waals surface area contributed by atoms with Gasteiger partial charge in [-0.05, 0) is 30.3 Å². The number of nitrogens with one attached hydrogen (secondary N) is 1. The minimum absolute atomic E-state index is 0.145. The van der Waals surface area contributed by atoms with Gasteiger partial charge in [0.05, 0.1) is 16.4 Å². The summed E-state index contributed by atoms with van der Waals surface area (Å²) in [4.78, 5) is 11.9. The molecule has 104 valence electrons. The number of carbonyl (C=O) groups excluding carboxylic acids is 1. The van der Waals surface area contributed by atoms with E-state index in [0.29, 0.717) is 25.8 Å². The summed E-state index contributed by atoms with van der Waals surface area (Å²) in [7, 11) is 0. The van der Waals surface area contributed by atoms with E-state index in [-0.39, 0.29) is 5.69 Å². The standard InChI is InChI=1S/C13H9Cl3N2O2/c14-8-5-9(15)7-10(6-8)18(20)13(19)17-12-4-2-1-3-11(12)16/h1-7,20H,(H,17,19). The van der Waals surface area contributed by atoms with Crippen LogP contribution in [0.2, 0.25) is 15.1 Å². The van der Waals surface area contributed by atoms with E-state index in [1.54, 1.807) is 24.3 Å². The molecule has 2 aromatic rings. The first-order valence-electron chi connectivity index (χ1n) is 5.48. The van der Waals surface area contributed by atoms with Crippen molar-refractivity contribution in [3.05, 3.63) is 57.5 Å². The molecule has 0 aromatic heterocycles. The highest BCUT2D eigenvalue weighted by Crippen LogP contribution is 2.26. The minimum Gasteiger partial charge on any atom is -0.304 e. The molecule has 0 radical (unpaired) electrons. The third kappa shape index (κ3) is 3.55. The second kappa shape index (κ2) is 6.33. The highest BCUT2D eigenvalue weighted by molar-refractivity contribution is 6.35. The number of hydroxylamine groups is 1. The Morgan fingerprint density at radius 2 is 1.65 bits per heavy atom. The van der Waals surface area contributed by atoms with Gasteiger partial charge in [-0.1, -0.05) is 46.9 Å². The number of hydrogen-bond acceptors (Lipinski definition) is 2. The molecule has 0 saturated heterocycles. The van der Waals surface area contributed by atoms with Crippen molar-refractivity contribution in [2.24, 2.45) is 0 Å². The summed E-state index contributed by atoms with van der Waals surface area (Å²) in [5, 5.41) is 13.7. The average Bonchev–Trinajstić information content (AvgIpc) is 2.39. The molecule has 0 atom stereocenters. The molecule has 20 heavy (non-hydrogen) atoms. The molecule has 0 aliphatic carbocycles. The molecule has 0 aliphatic heterocycles. The summed E-state index contributed by atoms with van der Waals surface area (Å²) < 4.78 is 0. The lowest BCUT2D eigenvalue weighted by Crippen LogP contribution is -2.31. The fourth-order valence-electron chi connectivity index (χ4n) is 1.51. The van der Waals surface area contributed by atoms with Gasteiger partial charge in [-0.25, -0.2) is 4.79 Å². The zero-order chi connectivity index (χ0) is 14.7. The number of benzene rings is 2. The Kier molecular flexibility index (Phi) is 4.73. The summed E-state index contributed by atoms with van der Waals surface area (Å²) in [6, 6.07) is 10.2. The van der Waals surface area contributed by atoms with Crippen molar-refractivity contribution >= 4 is 52.2 Å². The number of nitrogens with zero attached hydrogens (tertiary/aromatic N) is 1. The molecule has 0 bridgehead atoms. The number of para-hydroxylation sites is 1. The van der Waals surface area contributed by atoms with E-state index >= 15 is 0 Å². The zero-order valence-corrected chi connectivity index (χ0v) is 12.2. The van der Waals surface area contributed by atoms with Crippen LogP contribution in [0.3, 0.4) is 0 Å². The molecule has 0 spiro atoms. The van der Waals surface area contributed by atoms with Gasteiger partial charge in [0.2, 0.25) is 0 Å². The highest BCUT2D eigenvalue weighted by Gasteiger charge is 2.15. The van der Waals surface area contributed by atoms with Gasteiger partial charge in [-0.3, -0.25) is 5.21 Å². The van der Waals surface area contributed by atoms with Crippen LogP contribution in [0.5, 0.6) is 0 Å². The van der Waals surface area contributed by atoms with Crippen LogP contribution in [0.1, 0.15) is 0 Å². The van der Waals surface area contributed by atoms with E-state index in [0.717, 1.165) is 0 Å². The van der Waals surface area contributed by atoms with Gasteiger partial charge >= 0.3 is 6.03 Å². The zero-order valence-electron chi connectivity index (χ0n) is 9.98. The highest BCUT2D eigenvalue weighted by atomic mass is 35.5. The van der Waals surface area contributed by atoms with Gasteiger partial charge in [0.25, 0.3) is 0 Å². The van der Waals surface area contributed by atoms with Crippen molar-refractivity contribution in [2.45, 2.75) is 0 Å². The van der Waals surface area contributed by atoms with Crippen molar-refractivity contribution < 1.29 is 10.0 Å². The summed E-state index contributed by atoms with van der Waals surface area (Å²) in [5.41, 5.74) is 0.526. The van der Waals surface area contributed by atoms with Crippen molar-refractivity contribution in [3.8, 4) is 0 Å². The van der Waals surface area contributed by atoms with E-state index in [1.807, 2.05) is 0 Å². The maximum Gasteiger partial charge on any atom is 0.350 e. The minimum atomic E-state index is -0.781. The van der Waals surface area contributed by atoms with Crippen LogP contribution < -0.4 is 10.4 Å². The van der Waals surface area contributed by atoms with Crippen molar-refractivity contribution in [3.63, 3.8) is 0 Å². The number of rotatable bonds is 2. The predicted octanol–water partition coefficient (Wildman–Crippen LogP) is 5.07. The molecule has 0 heterocycles. The number of hydrogen-bond donors (Lipinski definition) is 2. The fraction of sp³-hybridized carbons (Fsp3) is 0. The molecule has 2 N–H and O–H groups in total. The van der Waals surface area contributed by atoms with E-state index < -0.39 is 6.03 Å². The van der Waals surface area contributed by atoms with Gasteiger partial charge in [0.15, 0.2) is 0 Å². The average molecular weight is 332 g/mol. The Bertz CT molecular complexity index is 629. The molecule has 2 amide bonds. The van der Waals surface area contributed by atoms with Crippen LogP contribution in [-0.4, -0.2) is 11.2 Å². The summed E-state index contributed by atoms with van der Waals surface area (Å²) in [6.45, 7) is 0. The molecular formula is C13H9Cl3N2O2. The molecule has 0 unspecified atom stereocenters. The summed E-state index contributed by atoms with van der Waals surface area (Å²) in [6.07, 6.45) is 0. The molecular weight excluding hydrogens is 323 g/mol. The van der Waals surface area contributed by atoms with Gasteiger partial charge in [-0.15, -0.1) is 0 Å². The maximum atomic E-state index is 11.9. The first kappa shape index (κ1) is 14.9. The van der Waals surface area contributed by atoms with Crippen LogP contribution in [0.4, 0.5) is 16.2 Å². The van der Waals surface area contributed by atoms with Crippen molar-refractivity contribution in [1.29, 1.82) is 0 Å². The molecule has 7 heteroatoms. The van der Waals surface area contributed by atoms with Gasteiger partial charge in [0, 0.05) is 10.0 Å². The number of halogens is 3. The molecule has 2 rings (SSSR count). The lowest BCUT2D eigenvalue weighted by molar-refractivity contribution is 0.216. The quantitative estimate of drug-likeness (QED) is 0.596. The third-order valence-electron chi connectivity index (χ3n) is 2.40. The lowest BCUT2D eigenvalue weighted by atomic mass is 10.3. The second-order valence-corrected chi connectivity index (χ2v) is 5.13. The lowest BCUT2D eigenvalue weighted by Gasteiger charge is -2.17. The van der Waals surface area contributed by atoms with Crippen LogP contribution in [0.15, 0.2) is 42.5 Å². The van der Waals surface area contributed by atoms with Gasteiger partial charge in [-0.2, -0.15) is 5.06 Å². The Morgan fingerprint density at radius 1 is 1.05 bits per heavy atom. The third-order valence-corrected chi connectivity index (χ3v) is 3.17. The Balaban J connectivity index is 2.18. The van der Waals surface area contributed by atoms with E-state index in [2.05, 4.69) is 5.32 Å². The van der Waals surface area contributed by atoms with Gasteiger partial charge in [0.1, 0.15) is 0 Å². The molecule has 2 aromatic carbocycles. The SMILES string of the molecule is O=C(Nc1ccccc1Cl)N(O)c1cc(Cl)cc(Cl)c1. The number of amides is 2. The molecule has 4 nitrogen and oxygen atoms in total. The van der Waals surface area contributed by atoms with Gasteiger partial charge < -0.3 is 5.32 Å². The number of anilines is 2. The van der Waals surface area contributed by atoms with E-state index in [1.165, 1.54) is 18.2 Å². The van der Waals surface area contributed by atoms with Crippen molar-refractivity contribution in [2.75, 3.05) is 10.4 Å². The Hall–Kier alpha value is -1.46. The van der Waals surface area contributed by atoms with E-state index in [4.69, 9.17) is 34.8 Å². The number of urea groups is 1. The fourth-order valence-corrected chi connectivity index (χ4v) is 2.21. The summed E-state index contributed by atoms with van der Waals surface area (Å²) >= 11 is 17.5. The summed E-state index contributed by atoms with van der Waals surface area (Å²) in [5.74, 6) is 0. The van der Waals surface area contributed by atoms with Crippen LogP contribution in [-0.2, 0) is 0 Å². The number of carbonyl (C=O) groups is 1. The van der Waals surface area contributed by atoms with Crippen LogP contribution >= 0.6 is 34.8 Å². The first-order valence-corrected chi connectivity index (χ1v) is 6.61. The Morgan fingerprint density at radius 3 is 2.25 bits per heavy atom.